The summed E-state index contributed by atoms with van der Waals surface area (Å²) in [4.78, 5) is 44.1. The van der Waals surface area contributed by atoms with Gasteiger partial charge in [-0.05, 0) is 156 Å². The van der Waals surface area contributed by atoms with Crippen LogP contribution in [0.3, 0.4) is 0 Å². The Morgan fingerprint density at radius 1 is 0.939 bits per heavy atom. The Morgan fingerprint density at radius 2 is 1.72 bits per heavy atom. The second kappa shape index (κ2) is 22.6. The van der Waals surface area contributed by atoms with Crippen molar-refractivity contribution >= 4 is 55.4 Å². The number of aliphatic hydroxyl groups is 1. The zero-order valence-corrected chi connectivity index (χ0v) is 48.0. The molecule has 3 atom stereocenters. The van der Waals surface area contributed by atoms with Crippen molar-refractivity contribution in [1.29, 1.82) is 0 Å². The van der Waals surface area contributed by atoms with Crippen LogP contribution in [0.25, 0.3) is 11.0 Å². The van der Waals surface area contributed by atoms with Gasteiger partial charge in [-0.1, -0.05) is 30.3 Å². The highest BCUT2D eigenvalue weighted by atomic mass is 32.2. The molecule has 0 radical (unpaired) electrons. The second-order valence-corrected chi connectivity index (χ2v) is 25.9. The first kappa shape index (κ1) is 55.6. The Kier molecular flexibility index (Phi) is 15.3. The van der Waals surface area contributed by atoms with Crippen molar-refractivity contribution in [1.82, 2.24) is 24.5 Å². The summed E-state index contributed by atoms with van der Waals surface area (Å²) in [6.45, 7) is 12.4. The number of nitrogens with zero attached hydrogens (tertiary/aromatic N) is 6. The lowest BCUT2D eigenvalue weighted by Crippen LogP contribution is -2.59. The standard InChI is InChI=1S/C62H75N9O10S/c1-40(2)80-56-8-6-5-7-48(56)55-38-67(37-42-9-12-46(78-4)13-10-42)28-29-69(55)45-34-62(35-45)23-26-68(27-24-62)44-11-15-49(52(32-44)70-51-20-30-79-39-57(51)81-60-54(70)31-43-19-25-63-58(43)65-60)59(72)66-82(76,77)47-14-16-50(53(33-47)71(74)75)64-36-41-17-21-61(3,73)22-18-41/h5-16,19,25,31-33,40-41,45,51,55,57,64,73H,17-18,20-24,26-30,34-39H2,1-4H3,(H,63,65)(H,66,72)/t41?,51-,55+,57-,61?/m0/s1. The van der Waals surface area contributed by atoms with Crippen LogP contribution in [-0.4, -0.2) is 134 Å². The van der Waals surface area contributed by atoms with Gasteiger partial charge in [0.05, 0.1) is 58.6 Å². The number of methoxy groups -OCH3 is 1. The van der Waals surface area contributed by atoms with E-state index in [2.05, 4.69) is 84.9 Å². The number of rotatable bonds is 16. The van der Waals surface area contributed by atoms with E-state index >= 15 is 0 Å². The molecule has 6 aliphatic rings. The quantitative estimate of drug-likeness (QED) is 0.0524. The van der Waals surface area contributed by atoms with Crippen LogP contribution in [-0.2, 0) is 21.3 Å². The fraction of sp³-hybridized carbons (Fsp3) is 0.484. The van der Waals surface area contributed by atoms with Gasteiger partial charge in [0.25, 0.3) is 21.6 Å². The van der Waals surface area contributed by atoms with E-state index < -0.39 is 43.1 Å². The first-order chi connectivity index (χ1) is 39.5. The lowest BCUT2D eigenvalue weighted by atomic mass is 9.59. The minimum atomic E-state index is -4.64. The van der Waals surface area contributed by atoms with Gasteiger partial charge in [-0.2, -0.15) is 4.98 Å². The number of piperidine rings is 1. The number of H-pyrrole nitrogens is 1. The van der Waals surface area contributed by atoms with Crippen molar-refractivity contribution < 1.29 is 42.2 Å². The van der Waals surface area contributed by atoms with Crippen LogP contribution in [0.5, 0.6) is 17.4 Å². The predicted molar refractivity (Wildman–Crippen MR) is 314 cm³/mol. The van der Waals surface area contributed by atoms with Crippen LogP contribution >= 0.6 is 0 Å². The fourth-order valence-corrected chi connectivity index (χ4v) is 14.7. The topological polar surface area (TPSA) is 217 Å². The average molecular weight is 1140 g/mol. The molecule has 434 valence electrons. The van der Waals surface area contributed by atoms with Gasteiger partial charge < -0.3 is 44.2 Å². The number of hydrogen-bond donors (Lipinski definition) is 4. The maximum absolute atomic E-state index is 14.8. The van der Waals surface area contributed by atoms with Gasteiger partial charge in [-0.25, -0.2) is 13.1 Å². The first-order valence-electron chi connectivity index (χ1n) is 29.1. The number of amides is 1. The van der Waals surface area contributed by atoms with Gasteiger partial charge in [0.2, 0.25) is 5.88 Å². The highest BCUT2D eigenvalue weighted by molar-refractivity contribution is 7.90. The molecule has 1 amide bonds. The highest BCUT2D eigenvalue weighted by Crippen LogP contribution is 2.54. The molecule has 6 aromatic rings. The van der Waals surface area contributed by atoms with Crippen LogP contribution in [0, 0.1) is 21.4 Å². The smallest absolute Gasteiger partial charge is 0.293 e. The molecule has 20 heteroatoms. The molecule has 3 saturated heterocycles. The van der Waals surface area contributed by atoms with Crippen LogP contribution in [0.2, 0.25) is 0 Å². The van der Waals surface area contributed by atoms with Crippen molar-refractivity contribution in [2.45, 2.75) is 126 Å². The van der Waals surface area contributed by atoms with Gasteiger partial charge in [-0.3, -0.25) is 24.7 Å². The third-order valence-electron chi connectivity index (χ3n) is 18.3. The van der Waals surface area contributed by atoms with Gasteiger partial charge in [-0.15, -0.1) is 0 Å². The highest BCUT2D eigenvalue weighted by Gasteiger charge is 2.50. The van der Waals surface area contributed by atoms with Gasteiger partial charge in [0.15, 0.2) is 0 Å². The maximum Gasteiger partial charge on any atom is 0.293 e. The summed E-state index contributed by atoms with van der Waals surface area (Å²) in [7, 11) is -2.95. The number of aromatic amines is 1. The number of carbonyl (C=O) groups is 1. The molecule has 4 N–H and O–H groups in total. The summed E-state index contributed by atoms with van der Waals surface area (Å²) >= 11 is 0. The number of pyridine rings is 1. The molecule has 4 aromatic carbocycles. The molecule has 6 heterocycles. The number of piperazine rings is 1. The molecule has 0 unspecified atom stereocenters. The Balaban J connectivity index is 0.798. The summed E-state index contributed by atoms with van der Waals surface area (Å²) in [6.07, 6.45) is 8.94. The van der Waals surface area contributed by atoms with Crippen molar-refractivity contribution in [2.24, 2.45) is 11.3 Å². The van der Waals surface area contributed by atoms with E-state index in [-0.39, 0.29) is 40.8 Å². The summed E-state index contributed by atoms with van der Waals surface area (Å²) in [5.41, 5.74) is 4.47. The number of benzene rings is 4. The number of sulfonamides is 1. The van der Waals surface area contributed by atoms with E-state index in [1.165, 1.54) is 23.3 Å². The minimum Gasteiger partial charge on any atom is -0.497 e. The number of hydrogen-bond acceptors (Lipinski definition) is 16. The number of nitro benzene ring substituents is 1. The Bertz CT molecular complexity index is 3420. The van der Waals surface area contributed by atoms with Gasteiger partial charge in [0, 0.05) is 87.4 Å². The van der Waals surface area contributed by atoms with E-state index in [1.54, 1.807) is 13.2 Å². The molecular weight excluding hydrogens is 1060 g/mol. The number of ether oxygens (including phenoxy) is 4. The number of fused-ring (bicyclic) bond motifs is 3. The second-order valence-electron chi connectivity index (χ2n) is 24.2. The van der Waals surface area contributed by atoms with Crippen molar-refractivity contribution in [2.75, 3.05) is 74.7 Å². The number of para-hydroxylation sites is 1. The van der Waals surface area contributed by atoms with E-state index in [0.29, 0.717) is 68.0 Å². The Labute approximate surface area is 479 Å². The molecule has 1 spiro atoms. The monoisotopic (exact) mass is 1140 g/mol. The number of carbonyl (C=O) groups excluding carboxylic acids is 1. The average Bonchev–Trinajstić information content (AvgIpc) is 2.79. The summed E-state index contributed by atoms with van der Waals surface area (Å²) < 4.78 is 55.3. The Hall–Kier alpha value is -6.97. The molecule has 4 aliphatic heterocycles. The largest absolute Gasteiger partial charge is 0.497 e. The summed E-state index contributed by atoms with van der Waals surface area (Å²) in [5, 5.41) is 26.9. The lowest BCUT2D eigenvalue weighted by molar-refractivity contribution is -0.384. The molecule has 5 fully saturated rings. The summed E-state index contributed by atoms with van der Waals surface area (Å²) in [6, 6.07) is 30.4. The fourth-order valence-electron chi connectivity index (χ4n) is 13.7. The van der Waals surface area contributed by atoms with Crippen molar-refractivity contribution in [3.8, 4) is 17.4 Å². The van der Waals surface area contributed by atoms with Gasteiger partial charge >= 0.3 is 0 Å². The van der Waals surface area contributed by atoms with Crippen LogP contribution < -0.4 is 34.0 Å². The molecule has 2 saturated carbocycles. The maximum atomic E-state index is 14.8. The predicted octanol–water partition coefficient (Wildman–Crippen LogP) is 9.73. The third-order valence-corrected chi connectivity index (χ3v) is 19.6. The Morgan fingerprint density at radius 3 is 2.48 bits per heavy atom. The van der Waals surface area contributed by atoms with E-state index in [4.69, 9.17) is 23.9 Å². The van der Waals surface area contributed by atoms with Crippen LogP contribution in [0.1, 0.15) is 106 Å². The minimum absolute atomic E-state index is 0.0473. The van der Waals surface area contributed by atoms with Crippen molar-refractivity contribution in [3.05, 3.63) is 130 Å². The zero-order chi connectivity index (χ0) is 56.9. The van der Waals surface area contributed by atoms with E-state index in [0.717, 1.165) is 106 Å². The van der Waals surface area contributed by atoms with E-state index in [1.807, 2.05) is 49.5 Å². The van der Waals surface area contributed by atoms with Crippen molar-refractivity contribution in [3.63, 3.8) is 0 Å². The summed E-state index contributed by atoms with van der Waals surface area (Å²) in [5.74, 6) is 1.46. The van der Waals surface area contributed by atoms with Gasteiger partial charge in [0.1, 0.15) is 34.6 Å². The lowest BCUT2D eigenvalue weighted by Gasteiger charge is -2.58. The number of nitro groups is 1. The third kappa shape index (κ3) is 11.4. The molecule has 19 nitrogen and oxygen atoms in total. The zero-order valence-electron chi connectivity index (χ0n) is 47.2. The number of aromatic nitrogens is 2. The molecule has 82 heavy (non-hydrogen) atoms. The normalized spacial score (nSPS) is 24.1. The first-order valence-corrected chi connectivity index (χ1v) is 30.6. The number of nitrogens with one attached hydrogen (secondary N) is 3. The molecule has 2 aromatic heterocycles. The molecule has 2 aliphatic carbocycles. The van der Waals surface area contributed by atoms with Crippen LogP contribution in [0.15, 0.2) is 108 Å². The van der Waals surface area contributed by atoms with E-state index in [9.17, 15) is 28.4 Å². The van der Waals surface area contributed by atoms with Crippen LogP contribution in [0.4, 0.5) is 28.4 Å². The SMILES string of the molecule is COc1ccc(CN2CCN(C3CC4(CCN(c5ccc(C(=O)NS(=O)(=O)c6ccc(NCC7CCC(C)(O)CC7)c([N+](=O)[O-])c6)c(N6c7cc8cc[nH]c8nc7O[C@H]7COCC[C@@H]76)c5)CC4)C3)[C@@H](c3ccccc3OC(C)C)C2)cc1. The molecular formula is C62H75N9O10S. The number of anilines is 4. The molecule has 12 rings (SSSR count). The molecule has 0 bridgehead atoms.